The summed E-state index contributed by atoms with van der Waals surface area (Å²) in [5.74, 6) is 8.15. The SMILES string of the molecule is C=C1CCC(CC2CCCC(C[C@@H](C)[C@H](C)C(C(C)C)C(C(C)C)(C(O)CC)C3CC[C@H](C)[C@H](CCC)C3)C2)C1. The Morgan fingerprint density at radius 3 is 2.17 bits per heavy atom. The van der Waals surface area contributed by atoms with E-state index in [1.807, 2.05) is 0 Å². The molecule has 3 aliphatic rings. The van der Waals surface area contributed by atoms with Crippen LogP contribution < -0.4 is 0 Å². The van der Waals surface area contributed by atoms with Gasteiger partial charge in [0.25, 0.3) is 0 Å². The molecule has 0 spiro atoms. The van der Waals surface area contributed by atoms with Gasteiger partial charge in [0.1, 0.15) is 0 Å². The highest BCUT2D eigenvalue weighted by Gasteiger charge is 2.55. The van der Waals surface area contributed by atoms with Crippen molar-refractivity contribution in [2.45, 2.75) is 165 Å². The molecule has 0 heterocycles. The molecule has 1 N–H and O–H groups in total. The van der Waals surface area contributed by atoms with Crippen LogP contribution in [0.3, 0.4) is 0 Å². The molecule has 0 aromatic heterocycles. The van der Waals surface area contributed by atoms with Gasteiger partial charge >= 0.3 is 0 Å². The molecular formula is C39H72O. The zero-order chi connectivity index (χ0) is 29.6. The standard InChI is InChI=1S/C39H72O/c1-11-14-35-25-36(20-18-29(35)8)39(27(5)6,37(40)12-2)38(26(3)4)31(10)30(9)22-32-15-13-16-33(23-32)24-34-19-17-28(7)21-34/h26-27,29-38,40H,7,11-25H2,1-6,8-10H3/t29-,30+,31-,32?,33?,34?,35+,36?,37?,38?,39?/m0/s1. The number of hydrogen-bond donors (Lipinski definition) is 1. The first-order valence-corrected chi connectivity index (χ1v) is 18.3. The summed E-state index contributed by atoms with van der Waals surface area (Å²) in [5.41, 5.74) is 1.53. The van der Waals surface area contributed by atoms with E-state index >= 15 is 0 Å². The first-order chi connectivity index (χ1) is 18.9. The second-order valence-corrected chi connectivity index (χ2v) is 16.4. The average Bonchev–Trinajstić information content (AvgIpc) is 3.31. The fourth-order valence-corrected chi connectivity index (χ4v) is 11.3. The summed E-state index contributed by atoms with van der Waals surface area (Å²) in [6, 6.07) is 0. The number of rotatable bonds is 14. The van der Waals surface area contributed by atoms with Crippen LogP contribution in [0.15, 0.2) is 12.2 Å². The molecule has 7 unspecified atom stereocenters. The number of allylic oxidation sites excluding steroid dienone is 1. The molecule has 40 heavy (non-hydrogen) atoms. The Bertz CT molecular complexity index is 752. The Labute approximate surface area is 252 Å². The number of aliphatic hydroxyl groups excluding tert-OH is 1. The van der Waals surface area contributed by atoms with Gasteiger partial charge in [-0.05, 0) is 123 Å². The Morgan fingerprint density at radius 1 is 0.900 bits per heavy atom. The maximum Gasteiger partial charge on any atom is 0.0601 e. The van der Waals surface area contributed by atoms with E-state index in [2.05, 4.69) is 68.9 Å². The topological polar surface area (TPSA) is 20.2 Å². The highest BCUT2D eigenvalue weighted by atomic mass is 16.3. The van der Waals surface area contributed by atoms with E-state index in [0.717, 1.165) is 41.9 Å². The van der Waals surface area contributed by atoms with Crippen LogP contribution in [0, 0.1) is 70.5 Å². The predicted octanol–water partition coefficient (Wildman–Crippen LogP) is 11.7. The molecule has 3 saturated carbocycles. The monoisotopic (exact) mass is 557 g/mol. The van der Waals surface area contributed by atoms with Gasteiger partial charge in [0, 0.05) is 5.41 Å². The van der Waals surface area contributed by atoms with Crippen molar-refractivity contribution < 1.29 is 5.11 Å². The van der Waals surface area contributed by atoms with E-state index in [1.165, 1.54) is 95.5 Å². The lowest BCUT2D eigenvalue weighted by Crippen LogP contribution is -2.56. The van der Waals surface area contributed by atoms with Crippen LogP contribution in [0.1, 0.15) is 159 Å². The molecule has 0 bridgehead atoms. The molecule has 3 fully saturated rings. The van der Waals surface area contributed by atoms with Crippen LogP contribution in [-0.2, 0) is 0 Å². The van der Waals surface area contributed by atoms with Crippen LogP contribution in [0.25, 0.3) is 0 Å². The molecule has 1 nitrogen and oxygen atoms in total. The van der Waals surface area contributed by atoms with E-state index in [9.17, 15) is 5.11 Å². The molecule has 0 aromatic carbocycles. The first kappa shape index (κ1) is 34.2. The van der Waals surface area contributed by atoms with Crippen molar-refractivity contribution >= 4 is 0 Å². The van der Waals surface area contributed by atoms with Crippen LogP contribution >= 0.6 is 0 Å². The van der Waals surface area contributed by atoms with Crippen LogP contribution in [0.5, 0.6) is 0 Å². The maximum atomic E-state index is 12.1. The minimum absolute atomic E-state index is 0.0166. The molecule has 1 heteroatoms. The average molecular weight is 557 g/mol. The van der Waals surface area contributed by atoms with Gasteiger partial charge in [0.2, 0.25) is 0 Å². The van der Waals surface area contributed by atoms with Crippen LogP contribution in [0.4, 0.5) is 0 Å². The number of aliphatic hydroxyl groups is 1. The zero-order valence-electron chi connectivity index (χ0n) is 28.7. The molecular weight excluding hydrogens is 484 g/mol. The molecule has 11 atom stereocenters. The third-order valence-electron chi connectivity index (χ3n) is 13.2. The van der Waals surface area contributed by atoms with Crippen molar-refractivity contribution in [1.29, 1.82) is 0 Å². The predicted molar refractivity (Wildman–Crippen MR) is 176 cm³/mol. The first-order valence-electron chi connectivity index (χ1n) is 18.3. The smallest absolute Gasteiger partial charge is 0.0601 e. The minimum Gasteiger partial charge on any atom is -0.393 e. The minimum atomic E-state index is -0.199. The van der Waals surface area contributed by atoms with Crippen molar-refractivity contribution in [2.75, 3.05) is 0 Å². The highest BCUT2D eigenvalue weighted by molar-refractivity contribution is 5.04. The summed E-state index contributed by atoms with van der Waals surface area (Å²) < 4.78 is 0. The van der Waals surface area contributed by atoms with E-state index in [1.54, 1.807) is 0 Å². The molecule has 0 saturated heterocycles. The highest BCUT2D eigenvalue weighted by Crippen LogP contribution is 2.59. The van der Waals surface area contributed by atoms with E-state index in [4.69, 9.17) is 0 Å². The Kier molecular flexibility index (Phi) is 13.2. The fourth-order valence-electron chi connectivity index (χ4n) is 11.3. The second-order valence-electron chi connectivity index (χ2n) is 16.4. The van der Waals surface area contributed by atoms with E-state index in [-0.39, 0.29) is 11.5 Å². The van der Waals surface area contributed by atoms with E-state index in [0.29, 0.717) is 29.6 Å². The molecule has 0 radical (unpaired) electrons. The molecule has 0 aliphatic heterocycles. The molecule has 234 valence electrons. The molecule has 0 amide bonds. The summed E-state index contributed by atoms with van der Waals surface area (Å²) in [6.07, 6.45) is 20.1. The summed E-state index contributed by atoms with van der Waals surface area (Å²) in [6.45, 7) is 26.6. The fraction of sp³-hybridized carbons (Fsp3) is 0.949. The lowest BCUT2D eigenvalue weighted by molar-refractivity contribution is -0.152. The summed E-state index contributed by atoms with van der Waals surface area (Å²) in [4.78, 5) is 0. The van der Waals surface area contributed by atoms with Crippen LogP contribution in [-0.4, -0.2) is 11.2 Å². The van der Waals surface area contributed by atoms with Crippen molar-refractivity contribution in [3.8, 4) is 0 Å². The van der Waals surface area contributed by atoms with Gasteiger partial charge in [0.05, 0.1) is 6.10 Å². The zero-order valence-corrected chi connectivity index (χ0v) is 28.7. The molecule has 3 rings (SSSR count). The molecule has 0 aromatic rings. The third-order valence-corrected chi connectivity index (χ3v) is 13.2. The van der Waals surface area contributed by atoms with Gasteiger partial charge in [-0.2, -0.15) is 0 Å². The van der Waals surface area contributed by atoms with Crippen molar-refractivity contribution in [2.24, 2.45) is 70.5 Å². The maximum absolute atomic E-state index is 12.1. The van der Waals surface area contributed by atoms with E-state index < -0.39 is 0 Å². The molecule has 3 aliphatic carbocycles. The van der Waals surface area contributed by atoms with Gasteiger partial charge in [-0.3, -0.25) is 0 Å². The van der Waals surface area contributed by atoms with Gasteiger partial charge in [-0.25, -0.2) is 0 Å². The lowest BCUT2D eigenvalue weighted by atomic mass is 9.47. The van der Waals surface area contributed by atoms with Gasteiger partial charge in [-0.1, -0.05) is 113 Å². The van der Waals surface area contributed by atoms with Gasteiger partial charge in [0.15, 0.2) is 0 Å². The lowest BCUT2D eigenvalue weighted by Gasteiger charge is -2.59. The summed E-state index contributed by atoms with van der Waals surface area (Å²) in [5, 5.41) is 12.1. The van der Waals surface area contributed by atoms with Crippen molar-refractivity contribution in [1.82, 2.24) is 0 Å². The van der Waals surface area contributed by atoms with Gasteiger partial charge < -0.3 is 5.11 Å². The summed E-state index contributed by atoms with van der Waals surface area (Å²) in [7, 11) is 0. The van der Waals surface area contributed by atoms with Gasteiger partial charge in [-0.15, -0.1) is 0 Å². The largest absolute Gasteiger partial charge is 0.393 e. The number of hydrogen-bond acceptors (Lipinski definition) is 1. The van der Waals surface area contributed by atoms with Crippen molar-refractivity contribution in [3.05, 3.63) is 12.2 Å². The Balaban J connectivity index is 1.80. The Morgan fingerprint density at radius 2 is 1.60 bits per heavy atom. The van der Waals surface area contributed by atoms with Crippen LogP contribution in [0.2, 0.25) is 0 Å². The summed E-state index contributed by atoms with van der Waals surface area (Å²) >= 11 is 0. The third kappa shape index (κ3) is 7.80. The second kappa shape index (κ2) is 15.4. The Hall–Kier alpha value is -0.300. The van der Waals surface area contributed by atoms with Crippen molar-refractivity contribution in [3.63, 3.8) is 0 Å². The quantitative estimate of drug-likeness (QED) is 0.211. The normalized spacial score (nSPS) is 34.5.